The molecule has 4 heteroatoms. The van der Waals surface area contributed by atoms with E-state index in [4.69, 9.17) is 5.11 Å². The fourth-order valence-corrected chi connectivity index (χ4v) is 1.20. The monoisotopic (exact) mass is 180 g/mol. The molecule has 4 nitrogen and oxygen atoms in total. The van der Waals surface area contributed by atoms with Crippen molar-refractivity contribution in [3.05, 3.63) is 30.1 Å². The fraction of sp³-hybridized carbons (Fsp3) is 0.333. The Kier molecular flexibility index (Phi) is 2.97. The van der Waals surface area contributed by atoms with Crippen molar-refractivity contribution >= 4 is 5.97 Å². The van der Waals surface area contributed by atoms with Gasteiger partial charge in [-0.3, -0.25) is 14.7 Å². The maximum atomic E-state index is 10.9. The Labute approximate surface area is 76.8 Å². The van der Waals surface area contributed by atoms with Crippen molar-refractivity contribution in [3.8, 4) is 0 Å². The molecule has 1 aromatic heterocycles. The van der Waals surface area contributed by atoms with E-state index in [0.717, 1.165) is 0 Å². The number of carbonyl (C=O) groups is 1. The van der Waals surface area contributed by atoms with Crippen LogP contribution < -0.4 is 0 Å². The maximum absolute atomic E-state index is 10.9. The van der Waals surface area contributed by atoms with E-state index in [9.17, 15) is 4.79 Å². The zero-order chi connectivity index (χ0) is 9.84. The number of nitrogens with zero attached hydrogens (tertiary/aromatic N) is 2. The molecular formula is C9H12N2O2. The van der Waals surface area contributed by atoms with E-state index in [1.807, 2.05) is 0 Å². The second kappa shape index (κ2) is 4.00. The van der Waals surface area contributed by atoms with Crippen LogP contribution in [0.4, 0.5) is 0 Å². The fourth-order valence-electron chi connectivity index (χ4n) is 1.20. The molecular weight excluding hydrogens is 168 g/mol. The van der Waals surface area contributed by atoms with Crippen molar-refractivity contribution in [3.63, 3.8) is 0 Å². The second-order valence-corrected chi connectivity index (χ2v) is 2.99. The summed E-state index contributed by atoms with van der Waals surface area (Å²) in [4.78, 5) is 16.4. The SMILES string of the molecule is CN(C)[C@@H](C(=O)O)c1cccnc1. The van der Waals surface area contributed by atoms with Crippen LogP contribution in [0, 0.1) is 0 Å². The Morgan fingerprint density at radius 1 is 1.62 bits per heavy atom. The molecule has 0 spiro atoms. The van der Waals surface area contributed by atoms with Gasteiger partial charge in [-0.2, -0.15) is 0 Å². The average molecular weight is 180 g/mol. The van der Waals surface area contributed by atoms with Crippen LogP contribution in [-0.4, -0.2) is 35.1 Å². The van der Waals surface area contributed by atoms with E-state index in [2.05, 4.69) is 4.98 Å². The zero-order valence-electron chi connectivity index (χ0n) is 7.64. The van der Waals surface area contributed by atoms with Gasteiger partial charge in [-0.1, -0.05) is 6.07 Å². The van der Waals surface area contributed by atoms with Gasteiger partial charge >= 0.3 is 5.97 Å². The van der Waals surface area contributed by atoms with Crippen molar-refractivity contribution in [1.82, 2.24) is 9.88 Å². The average Bonchev–Trinajstić information content (AvgIpc) is 2.04. The lowest BCUT2D eigenvalue weighted by molar-refractivity contribution is -0.142. The summed E-state index contributed by atoms with van der Waals surface area (Å²) in [6.45, 7) is 0. The summed E-state index contributed by atoms with van der Waals surface area (Å²) in [6, 6.07) is 2.87. The number of carboxylic acids is 1. The minimum absolute atomic E-state index is 0.617. The first-order valence-electron chi connectivity index (χ1n) is 3.92. The van der Waals surface area contributed by atoms with Gasteiger partial charge in [0, 0.05) is 12.4 Å². The van der Waals surface area contributed by atoms with Crippen molar-refractivity contribution < 1.29 is 9.90 Å². The van der Waals surface area contributed by atoms with Crippen molar-refractivity contribution in [1.29, 1.82) is 0 Å². The van der Waals surface area contributed by atoms with Crippen molar-refractivity contribution in [2.24, 2.45) is 0 Å². The Hall–Kier alpha value is -1.42. The van der Waals surface area contributed by atoms with Gasteiger partial charge in [-0.05, 0) is 25.7 Å². The summed E-state index contributed by atoms with van der Waals surface area (Å²) >= 11 is 0. The summed E-state index contributed by atoms with van der Waals surface area (Å²) in [7, 11) is 3.46. The predicted molar refractivity (Wildman–Crippen MR) is 48.3 cm³/mol. The summed E-state index contributed by atoms with van der Waals surface area (Å²) in [5.74, 6) is -0.863. The van der Waals surface area contributed by atoms with Gasteiger partial charge < -0.3 is 5.11 Å². The number of hydrogen-bond donors (Lipinski definition) is 1. The third-order valence-corrected chi connectivity index (χ3v) is 1.75. The van der Waals surface area contributed by atoms with Gasteiger partial charge in [0.1, 0.15) is 6.04 Å². The molecule has 1 atom stereocenters. The van der Waals surface area contributed by atoms with Crippen LogP contribution in [0.3, 0.4) is 0 Å². The highest BCUT2D eigenvalue weighted by molar-refractivity contribution is 5.75. The van der Waals surface area contributed by atoms with Gasteiger partial charge in [0.25, 0.3) is 0 Å². The molecule has 0 radical (unpaired) electrons. The highest BCUT2D eigenvalue weighted by Crippen LogP contribution is 2.16. The minimum atomic E-state index is -0.863. The van der Waals surface area contributed by atoms with E-state index in [1.54, 1.807) is 43.5 Å². The molecule has 0 amide bonds. The van der Waals surface area contributed by atoms with Gasteiger partial charge in [-0.25, -0.2) is 0 Å². The molecule has 1 rings (SSSR count). The van der Waals surface area contributed by atoms with E-state index in [-0.39, 0.29) is 0 Å². The Bertz CT molecular complexity index is 285. The lowest BCUT2D eigenvalue weighted by Gasteiger charge is -2.19. The molecule has 0 aromatic carbocycles. The van der Waals surface area contributed by atoms with Crippen LogP contribution in [0.5, 0.6) is 0 Å². The molecule has 0 saturated carbocycles. The first-order valence-corrected chi connectivity index (χ1v) is 3.92. The highest BCUT2D eigenvalue weighted by Gasteiger charge is 2.21. The van der Waals surface area contributed by atoms with Gasteiger partial charge in [0.2, 0.25) is 0 Å². The third-order valence-electron chi connectivity index (χ3n) is 1.75. The third kappa shape index (κ3) is 2.26. The lowest BCUT2D eigenvalue weighted by atomic mass is 10.1. The summed E-state index contributed by atoms with van der Waals surface area (Å²) in [5, 5.41) is 8.93. The molecule has 70 valence electrons. The smallest absolute Gasteiger partial charge is 0.325 e. The van der Waals surface area contributed by atoms with Crippen LogP contribution in [0.25, 0.3) is 0 Å². The minimum Gasteiger partial charge on any atom is -0.480 e. The maximum Gasteiger partial charge on any atom is 0.325 e. The van der Waals surface area contributed by atoms with Crippen LogP contribution >= 0.6 is 0 Å². The molecule has 0 aliphatic rings. The van der Waals surface area contributed by atoms with E-state index in [0.29, 0.717) is 5.56 Å². The molecule has 1 heterocycles. The van der Waals surface area contributed by atoms with E-state index in [1.165, 1.54) is 0 Å². The Morgan fingerprint density at radius 2 is 2.31 bits per heavy atom. The Morgan fingerprint density at radius 3 is 2.69 bits per heavy atom. The van der Waals surface area contributed by atoms with Crippen LogP contribution in [0.15, 0.2) is 24.5 Å². The van der Waals surface area contributed by atoms with Gasteiger partial charge in [0.15, 0.2) is 0 Å². The van der Waals surface area contributed by atoms with Crippen molar-refractivity contribution in [2.75, 3.05) is 14.1 Å². The molecule has 1 aromatic rings. The van der Waals surface area contributed by atoms with Gasteiger partial charge in [0.05, 0.1) is 0 Å². The summed E-state index contributed by atoms with van der Waals surface area (Å²) < 4.78 is 0. The van der Waals surface area contributed by atoms with Crippen LogP contribution in [-0.2, 0) is 4.79 Å². The number of rotatable bonds is 3. The second-order valence-electron chi connectivity index (χ2n) is 2.99. The summed E-state index contributed by atoms with van der Waals surface area (Å²) in [6.07, 6.45) is 3.19. The largest absolute Gasteiger partial charge is 0.480 e. The van der Waals surface area contributed by atoms with Gasteiger partial charge in [-0.15, -0.1) is 0 Å². The number of likely N-dealkylation sites (N-methyl/N-ethyl adjacent to an activating group) is 1. The molecule has 0 aliphatic heterocycles. The quantitative estimate of drug-likeness (QED) is 0.746. The normalized spacial score (nSPS) is 12.8. The highest BCUT2D eigenvalue weighted by atomic mass is 16.4. The molecule has 0 saturated heterocycles. The number of hydrogen-bond acceptors (Lipinski definition) is 3. The first-order chi connectivity index (χ1) is 6.13. The van der Waals surface area contributed by atoms with E-state index < -0.39 is 12.0 Å². The standard InChI is InChI=1S/C9H12N2O2/c1-11(2)8(9(12)13)7-4-3-5-10-6-7/h3-6,8H,1-2H3,(H,12,13)/t8-/m1/s1. The molecule has 13 heavy (non-hydrogen) atoms. The topological polar surface area (TPSA) is 53.4 Å². The first kappa shape index (κ1) is 9.67. The van der Waals surface area contributed by atoms with Crippen LogP contribution in [0.1, 0.15) is 11.6 Å². The molecule has 0 fully saturated rings. The number of aliphatic carboxylic acids is 1. The number of pyridine rings is 1. The molecule has 0 bridgehead atoms. The molecule has 1 N–H and O–H groups in total. The summed E-state index contributed by atoms with van der Waals surface area (Å²) in [5.41, 5.74) is 0.694. The Balaban J connectivity index is 2.96. The van der Waals surface area contributed by atoms with E-state index >= 15 is 0 Å². The van der Waals surface area contributed by atoms with Crippen LogP contribution in [0.2, 0.25) is 0 Å². The lowest BCUT2D eigenvalue weighted by Crippen LogP contribution is -2.27. The molecule has 0 aliphatic carbocycles. The van der Waals surface area contributed by atoms with Crippen molar-refractivity contribution in [2.45, 2.75) is 6.04 Å². The molecule has 0 unspecified atom stereocenters. The number of aromatic nitrogens is 1. The predicted octanol–water partition coefficient (Wildman–Crippen LogP) is 0.769. The zero-order valence-corrected chi connectivity index (χ0v) is 7.64. The number of carboxylic acid groups (broad SMARTS) is 1.